The standard InChI is InChI=1S/C21H32N4O3/c1-13-9-17(23-20(26)18-11-19(28-24-18)15-5-6-15)7-8-25(13)21(27)16-4-2-3-14(10-16)12-22/h11,13-17H,2-10,12,22H2,1H3,(H,23,26)/t13-,14?,16?,17+/m0/s1. The lowest BCUT2D eigenvalue weighted by Crippen LogP contribution is -2.52. The molecule has 7 heteroatoms. The number of hydrogen-bond donors (Lipinski definition) is 2. The number of carbonyl (C=O) groups is 2. The van der Waals surface area contributed by atoms with Crippen molar-refractivity contribution in [3.8, 4) is 0 Å². The van der Waals surface area contributed by atoms with Crippen LogP contribution >= 0.6 is 0 Å². The predicted octanol–water partition coefficient (Wildman–Crippen LogP) is 2.43. The number of likely N-dealkylation sites (tertiary alicyclic amines) is 1. The van der Waals surface area contributed by atoms with Crippen LogP contribution in [-0.4, -0.2) is 47.0 Å². The van der Waals surface area contributed by atoms with E-state index in [2.05, 4.69) is 17.4 Å². The topological polar surface area (TPSA) is 101 Å². The van der Waals surface area contributed by atoms with Crippen molar-refractivity contribution in [3.63, 3.8) is 0 Å². The van der Waals surface area contributed by atoms with Gasteiger partial charge in [0, 0.05) is 36.5 Å². The maximum absolute atomic E-state index is 13.0. The lowest BCUT2D eigenvalue weighted by atomic mass is 9.80. The van der Waals surface area contributed by atoms with Gasteiger partial charge in [-0.05, 0) is 64.3 Å². The first-order chi connectivity index (χ1) is 13.5. The van der Waals surface area contributed by atoms with Gasteiger partial charge >= 0.3 is 0 Å². The molecule has 3 fully saturated rings. The second kappa shape index (κ2) is 8.23. The van der Waals surface area contributed by atoms with Crippen LogP contribution in [0.4, 0.5) is 0 Å². The van der Waals surface area contributed by atoms with Crippen LogP contribution in [-0.2, 0) is 4.79 Å². The summed E-state index contributed by atoms with van der Waals surface area (Å²) in [4.78, 5) is 27.5. The van der Waals surface area contributed by atoms with E-state index >= 15 is 0 Å². The third-order valence-electron chi connectivity index (χ3n) is 6.70. The summed E-state index contributed by atoms with van der Waals surface area (Å²) >= 11 is 0. The highest BCUT2D eigenvalue weighted by Crippen LogP contribution is 2.40. The minimum atomic E-state index is -0.175. The highest BCUT2D eigenvalue weighted by molar-refractivity contribution is 5.92. The van der Waals surface area contributed by atoms with Gasteiger partial charge in [-0.15, -0.1) is 0 Å². The zero-order valence-electron chi connectivity index (χ0n) is 16.7. The van der Waals surface area contributed by atoms with Crippen molar-refractivity contribution in [2.24, 2.45) is 17.6 Å². The summed E-state index contributed by atoms with van der Waals surface area (Å²) in [6.45, 7) is 3.46. The number of nitrogens with two attached hydrogens (primary N) is 1. The Balaban J connectivity index is 1.29. The monoisotopic (exact) mass is 388 g/mol. The number of carbonyl (C=O) groups excluding carboxylic acids is 2. The fourth-order valence-corrected chi connectivity index (χ4v) is 4.81. The van der Waals surface area contributed by atoms with E-state index in [-0.39, 0.29) is 29.8 Å². The van der Waals surface area contributed by atoms with E-state index in [1.54, 1.807) is 6.07 Å². The molecule has 2 amide bonds. The molecule has 1 aliphatic heterocycles. The fraction of sp³-hybridized carbons (Fsp3) is 0.762. The molecule has 7 nitrogen and oxygen atoms in total. The number of piperidine rings is 1. The van der Waals surface area contributed by atoms with Gasteiger partial charge in [0.15, 0.2) is 5.69 Å². The van der Waals surface area contributed by atoms with E-state index in [1.165, 1.54) is 0 Å². The van der Waals surface area contributed by atoms with Gasteiger partial charge < -0.3 is 20.5 Å². The number of amides is 2. The number of hydrogen-bond acceptors (Lipinski definition) is 5. The quantitative estimate of drug-likeness (QED) is 0.807. The molecule has 1 saturated heterocycles. The molecule has 0 aromatic carbocycles. The molecule has 4 atom stereocenters. The van der Waals surface area contributed by atoms with Crippen LogP contribution in [0.3, 0.4) is 0 Å². The Labute approximate surface area is 166 Å². The van der Waals surface area contributed by atoms with Crippen LogP contribution in [0.2, 0.25) is 0 Å². The fourth-order valence-electron chi connectivity index (χ4n) is 4.81. The van der Waals surface area contributed by atoms with Gasteiger partial charge in [0.2, 0.25) is 5.91 Å². The van der Waals surface area contributed by atoms with Crippen molar-refractivity contribution in [2.45, 2.75) is 76.3 Å². The van der Waals surface area contributed by atoms with Gasteiger partial charge in [-0.1, -0.05) is 11.6 Å². The minimum absolute atomic E-state index is 0.0655. The summed E-state index contributed by atoms with van der Waals surface area (Å²) in [5.74, 6) is 1.97. The van der Waals surface area contributed by atoms with Crippen LogP contribution in [0.15, 0.2) is 10.6 Å². The molecule has 2 saturated carbocycles. The Morgan fingerprint density at radius 1 is 1.25 bits per heavy atom. The van der Waals surface area contributed by atoms with Gasteiger partial charge in [-0.2, -0.15) is 0 Å². The summed E-state index contributed by atoms with van der Waals surface area (Å²) in [6, 6.07) is 1.96. The first-order valence-corrected chi connectivity index (χ1v) is 10.8. The Kier molecular flexibility index (Phi) is 5.71. The third kappa shape index (κ3) is 4.24. The molecule has 3 N–H and O–H groups in total. The van der Waals surface area contributed by atoms with Crippen LogP contribution in [0.5, 0.6) is 0 Å². The average Bonchev–Trinajstić information content (AvgIpc) is 3.44. The van der Waals surface area contributed by atoms with Gasteiger partial charge in [-0.25, -0.2) is 0 Å². The van der Waals surface area contributed by atoms with Crippen molar-refractivity contribution >= 4 is 11.8 Å². The van der Waals surface area contributed by atoms with Crippen molar-refractivity contribution in [3.05, 3.63) is 17.5 Å². The molecule has 0 bridgehead atoms. The van der Waals surface area contributed by atoms with E-state index in [0.717, 1.165) is 57.1 Å². The molecule has 0 radical (unpaired) electrons. The zero-order valence-corrected chi connectivity index (χ0v) is 16.7. The third-order valence-corrected chi connectivity index (χ3v) is 6.70. The summed E-state index contributed by atoms with van der Waals surface area (Å²) in [7, 11) is 0. The molecule has 3 aliphatic rings. The number of nitrogens with one attached hydrogen (secondary N) is 1. The minimum Gasteiger partial charge on any atom is -0.360 e. The van der Waals surface area contributed by atoms with Gasteiger partial charge in [0.05, 0.1) is 0 Å². The number of rotatable bonds is 5. The summed E-state index contributed by atoms with van der Waals surface area (Å²) in [6.07, 6.45) is 7.94. The van der Waals surface area contributed by atoms with Crippen LogP contribution in [0.1, 0.15) is 80.5 Å². The second-order valence-electron chi connectivity index (χ2n) is 8.93. The summed E-state index contributed by atoms with van der Waals surface area (Å²) < 4.78 is 5.28. The molecule has 2 aliphatic carbocycles. The van der Waals surface area contributed by atoms with E-state index < -0.39 is 0 Å². The predicted molar refractivity (Wildman–Crippen MR) is 105 cm³/mol. The van der Waals surface area contributed by atoms with Gasteiger partial charge in [0.1, 0.15) is 5.76 Å². The molecule has 1 aromatic rings. The molecule has 2 heterocycles. The van der Waals surface area contributed by atoms with Crippen molar-refractivity contribution in [2.75, 3.05) is 13.1 Å². The van der Waals surface area contributed by atoms with E-state index in [0.29, 0.717) is 30.6 Å². The van der Waals surface area contributed by atoms with Crippen molar-refractivity contribution in [1.82, 2.24) is 15.4 Å². The largest absolute Gasteiger partial charge is 0.360 e. The molecule has 2 unspecified atom stereocenters. The second-order valence-corrected chi connectivity index (χ2v) is 8.93. The normalized spacial score (nSPS) is 30.9. The maximum Gasteiger partial charge on any atom is 0.273 e. The molecule has 154 valence electrons. The lowest BCUT2D eigenvalue weighted by molar-refractivity contribution is -0.140. The van der Waals surface area contributed by atoms with Crippen molar-refractivity contribution < 1.29 is 14.1 Å². The highest BCUT2D eigenvalue weighted by Gasteiger charge is 2.35. The van der Waals surface area contributed by atoms with E-state index in [1.807, 2.05) is 4.90 Å². The summed E-state index contributed by atoms with van der Waals surface area (Å²) in [5.41, 5.74) is 6.19. The van der Waals surface area contributed by atoms with Crippen LogP contribution in [0, 0.1) is 11.8 Å². The first-order valence-electron chi connectivity index (χ1n) is 10.8. The molecule has 4 rings (SSSR count). The summed E-state index contributed by atoms with van der Waals surface area (Å²) in [5, 5.41) is 7.00. The number of aromatic nitrogens is 1. The Hall–Kier alpha value is -1.89. The molecule has 1 aromatic heterocycles. The van der Waals surface area contributed by atoms with Crippen molar-refractivity contribution in [1.29, 1.82) is 0 Å². The Morgan fingerprint density at radius 3 is 2.79 bits per heavy atom. The lowest BCUT2D eigenvalue weighted by Gasteiger charge is -2.41. The Morgan fingerprint density at radius 2 is 2.07 bits per heavy atom. The molecular weight excluding hydrogens is 356 g/mol. The van der Waals surface area contributed by atoms with Gasteiger partial charge in [-0.3, -0.25) is 9.59 Å². The molecule has 28 heavy (non-hydrogen) atoms. The van der Waals surface area contributed by atoms with Crippen LogP contribution < -0.4 is 11.1 Å². The SMILES string of the molecule is C[C@H]1C[C@H](NC(=O)c2cc(C3CC3)on2)CCN1C(=O)C1CCCC(CN)C1. The van der Waals surface area contributed by atoms with E-state index in [9.17, 15) is 9.59 Å². The van der Waals surface area contributed by atoms with Gasteiger partial charge in [0.25, 0.3) is 5.91 Å². The highest BCUT2D eigenvalue weighted by atomic mass is 16.5. The van der Waals surface area contributed by atoms with Crippen LogP contribution in [0.25, 0.3) is 0 Å². The molecular formula is C21H32N4O3. The average molecular weight is 389 g/mol. The van der Waals surface area contributed by atoms with E-state index in [4.69, 9.17) is 10.3 Å². The number of nitrogens with zero attached hydrogens (tertiary/aromatic N) is 2. The first kappa shape index (κ1) is 19.4. The molecule has 0 spiro atoms. The smallest absolute Gasteiger partial charge is 0.273 e. The Bertz CT molecular complexity index is 714. The maximum atomic E-state index is 13.0. The zero-order chi connectivity index (χ0) is 19.7.